The van der Waals surface area contributed by atoms with Crippen LogP contribution in [0.2, 0.25) is 5.28 Å². The number of aryl methyl sites for hydroxylation is 1. The monoisotopic (exact) mass is 299 g/mol. The molecule has 0 aromatic carbocycles. The molecule has 0 bridgehead atoms. The van der Waals surface area contributed by atoms with Crippen molar-refractivity contribution < 1.29 is 0 Å². The largest absolute Gasteiger partial charge is 0.260 e. The summed E-state index contributed by atoms with van der Waals surface area (Å²) < 4.78 is 1.46. The van der Waals surface area contributed by atoms with Crippen LogP contribution in [-0.4, -0.2) is 34.7 Å². The Labute approximate surface area is 125 Å². The maximum absolute atomic E-state index is 6.03. The normalized spacial score (nSPS) is 16.9. The summed E-state index contributed by atoms with van der Waals surface area (Å²) >= 11 is 6.03. The topological polar surface area (TPSA) is 82.3 Å². The van der Waals surface area contributed by atoms with Gasteiger partial charge in [0, 0.05) is 6.20 Å². The van der Waals surface area contributed by atoms with Gasteiger partial charge in [-0.3, -0.25) is 4.98 Å². The summed E-state index contributed by atoms with van der Waals surface area (Å²) in [6.45, 7) is 0. The molecule has 21 heavy (non-hydrogen) atoms. The Kier molecular flexibility index (Phi) is 2.85. The van der Waals surface area contributed by atoms with Crippen LogP contribution in [-0.2, 0) is 6.42 Å². The fourth-order valence-electron chi connectivity index (χ4n) is 2.59. The van der Waals surface area contributed by atoms with Crippen molar-refractivity contribution in [3.8, 4) is 5.95 Å². The lowest BCUT2D eigenvalue weighted by Gasteiger charge is -2.10. The SMILES string of the molecule is Clc1nc(C2CCc3cccnc32)nc(-n2cncn2)n1. The molecule has 0 spiro atoms. The fraction of sp³-hybridized carbons (Fsp3) is 0.231. The quantitative estimate of drug-likeness (QED) is 0.714. The van der Waals surface area contributed by atoms with Crippen LogP contribution >= 0.6 is 11.6 Å². The molecule has 1 unspecified atom stereocenters. The van der Waals surface area contributed by atoms with Gasteiger partial charge < -0.3 is 0 Å². The van der Waals surface area contributed by atoms with Gasteiger partial charge in [0.25, 0.3) is 5.95 Å². The van der Waals surface area contributed by atoms with E-state index in [9.17, 15) is 0 Å². The lowest BCUT2D eigenvalue weighted by Crippen LogP contribution is -2.11. The molecule has 0 saturated heterocycles. The van der Waals surface area contributed by atoms with Gasteiger partial charge >= 0.3 is 0 Å². The van der Waals surface area contributed by atoms with E-state index in [0.29, 0.717) is 11.8 Å². The van der Waals surface area contributed by atoms with Crippen LogP contribution in [0.25, 0.3) is 5.95 Å². The van der Waals surface area contributed by atoms with Crippen LogP contribution in [0, 0.1) is 0 Å². The van der Waals surface area contributed by atoms with Gasteiger partial charge in [0.1, 0.15) is 18.5 Å². The van der Waals surface area contributed by atoms with Crippen molar-refractivity contribution in [3.05, 3.63) is 53.3 Å². The van der Waals surface area contributed by atoms with E-state index in [0.717, 1.165) is 18.5 Å². The molecule has 104 valence electrons. The van der Waals surface area contributed by atoms with E-state index in [-0.39, 0.29) is 11.2 Å². The summed E-state index contributed by atoms with van der Waals surface area (Å²) in [6.07, 6.45) is 6.62. The van der Waals surface area contributed by atoms with Gasteiger partial charge in [0.2, 0.25) is 5.28 Å². The van der Waals surface area contributed by atoms with Crippen molar-refractivity contribution in [2.24, 2.45) is 0 Å². The first-order valence-corrected chi connectivity index (χ1v) is 6.89. The van der Waals surface area contributed by atoms with Gasteiger partial charge in [-0.2, -0.15) is 19.7 Å². The average Bonchev–Trinajstić information content (AvgIpc) is 3.16. The summed E-state index contributed by atoms with van der Waals surface area (Å²) in [5.74, 6) is 1.04. The maximum atomic E-state index is 6.03. The van der Waals surface area contributed by atoms with E-state index in [4.69, 9.17) is 11.6 Å². The number of nitrogens with zero attached hydrogens (tertiary/aromatic N) is 7. The van der Waals surface area contributed by atoms with Crippen molar-refractivity contribution >= 4 is 11.6 Å². The number of rotatable bonds is 2. The molecule has 0 saturated carbocycles. The number of hydrogen-bond donors (Lipinski definition) is 0. The highest BCUT2D eigenvalue weighted by Crippen LogP contribution is 2.35. The van der Waals surface area contributed by atoms with Crippen molar-refractivity contribution in [2.75, 3.05) is 0 Å². The van der Waals surface area contributed by atoms with Crippen molar-refractivity contribution in [2.45, 2.75) is 18.8 Å². The minimum absolute atomic E-state index is 0.0453. The van der Waals surface area contributed by atoms with Crippen LogP contribution in [0.1, 0.15) is 29.4 Å². The predicted octanol–water partition coefficient (Wildman–Crippen LogP) is 1.58. The Bertz CT molecular complexity index is 787. The molecule has 3 aromatic heterocycles. The Morgan fingerprint density at radius 3 is 3.05 bits per heavy atom. The van der Waals surface area contributed by atoms with Crippen LogP contribution in [0.5, 0.6) is 0 Å². The van der Waals surface area contributed by atoms with Gasteiger partial charge in [-0.05, 0) is 36.1 Å². The summed E-state index contributed by atoms with van der Waals surface area (Å²) in [4.78, 5) is 21.2. The first-order valence-electron chi connectivity index (χ1n) is 6.51. The summed E-state index contributed by atoms with van der Waals surface area (Å²) in [5.41, 5.74) is 2.26. The smallest absolute Gasteiger partial charge is 0.256 e. The fourth-order valence-corrected chi connectivity index (χ4v) is 2.75. The van der Waals surface area contributed by atoms with Crippen molar-refractivity contribution in [1.82, 2.24) is 34.7 Å². The molecular weight excluding hydrogens is 290 g/mol. The summed E-state index contributed by atoms with van der Waals surface area (Å²) in [6, 6.07) is 4.03. The third-order valence-corrected chi connectivity index (χ3v) is 3.68. The minimum atomic E-state index is 0.0453. The molecule has 0 amide bonds. The van der Waals surface area contributed by atoms with E-state index < -0.39 is 0 Å². The Morgan fingerprint density at radius 1 is 1.24 bits per heavy atom. The molecule has 1 atom stereocenters. The Morgan fingerprint density at radius 2 is 2.19 bits per heavy atom. The van der Waals surface area contributed by atoms with E-state index in [1.807, 2.05) is 6.07 Å². The highest BCUT2D eigenvalue weighted by molar-refractivity contribution is 6.28. The molecule has 0 N–H and O–H groups in total. The van der Waals surface area contributed by atoms with E-state index in [2.05, 4.69) is 36.1 Å². The third kappa shape index (κ3) is 2.15. The van der Waals surface area contributed by atoms with Crippen LogP contribution < -0.4 is 0 Å². The van der Waals surface area contributed by atoms with E-state index in [1.165, 1.54) is 22.9 Å². The highest BCUT2D eigenvalue weighted by atomic mass is 35.5. The first kappa shape index (κ1) is 12.3. The summed E-state index contributed by atoms with van der Waals surface area (Å²) in [7, 11) is 0. The maximum Gasteiger partial charge on any atom is 0.256 e. The number of pyridine rings is 1. The molecule has 3 heterocycles. The third-order valence-electron chi connectivity index (χ3n) is 3.51. The lowest BCUT2D eigenvalue weighted by molar-refractivity contribution is 0.685. The Balaban J connectivity index is 1.80. The van der Waals surface area contributed by atoms with Crippen molar-refractivity contribution in [1.29, 1.82) is 0 Å². The molecule has 7 nitrogen and oxygen atoms in total. The van der Waals surface area contributed by atoms with Gasteiger partial charge in [0.05, 0.1) is 11.6 Å². The lowest BCUT2D eigenvalue weighted by atomic mass is 10.1. The van der Waals surface area contributed by atoms with Crippen LogP contribution in [0.3, 0.4) is 0 Å². The molecular formula is C13H10ClN7. The zero-order valence-electron chi connectivity index (χ0n) is 10.9. The molecule has 1 aliphatic carbocycles. The first-order chi connectivity index (χ1) is 10.3. The summed E-state index contributed by atoms with van der Waals surface area (Å²) in [5, 5.41) is 4.17. The van der Waals surface area contributed by atoms with Gasteiger partial charge in [-0.25, -0.2) is 9.97 Å². The molecule has 4 rings (SSSR count). The molecule has 0 fully saturated rings. The zero-order valence-corrected chi connectivity index (χ0v) is 11.6. The van der Waals surface area contributed by atoms with Gasteiger partial charge in [-0.15, -0.1) is 0 Å². The predicted molar refractivity (Wildman–Crippen MR) is 74.2 cm³/mol. The Hall–Kier alpha value is -2.41. The highest BCUT2D eigenvalue weighted by Gasteiger charge is 2.28. The zero-order chi connectivity index (χ0) is 14.2. The van der Waals surface area contributed by atoms with Gasteiger partial charge in [-0.1, -0.05) is 6.07 Å². The number of halogens is 1. The molecule has 0 radical (unpaired) electrons. The van der Waals surface area contributed by atoms with Gasteiger partial charge in [0.15, 0.2) is 0 Å². The van der Waals surface area contributed by atoms with E-state index >= 15 is 0 Å². The molecule has 1 aliphatic rings. The van der Waals surface area contributed by atoms with E-state index in [1.54, 1.807) is 6.20 Å². The standard InChI is InChI=1S/C13H10ClN7/c14-12-18-11(19-13(20-12)21-7-15-6-17-21)9-4-3-8-2-1-5-16-10(8)9/h1-2,5-7,9H,3-4H2. The molecule has 8 heteroatoms. The molecule has 0 aliphatic heterocycles. The minimum Gasteiger partial charge on any atom is -0.260 e. The second-order valence-corrected chi connectivity index (χ2v) is 5.08. The molecule has 3 aromatic rings. The van der Waals surface area contributed by atoms with Crippen LogP contribution in [0.15, 0.2) is 31.0 Å². The van der Waals surface area contributed by atoms with Crippen LogP contribution in [0.4, 0.5) is 0 Å². The number of aromatic nitrogens is 7. The van der Waals surface area contributed by atoms with Crippen molar-refractivity contribution in [3.63, 3.8) is 0 Å². The average molecular weight is 300 g/mol. The second kappa shape index (κ2) is 4.85. The number of fused-ring (bicyclic) bond motifs is 1. The second-order valence-electron chi connectivity index (χ2n) is 4.74. The number of hydrogen-bond acceptors (Lipinski definition) is 6.